The standard InChI is InChI=1S/C16H28N2/c1-5-11-12(6-2)16(10-18)14(8-4)13(7-3)15(11)9-17/h5-10,17-18H2,1-4H3. The lowest BCUT2D eigenvalue weighted by atomic mass is 9.82. The van der Waals surface area contributed by atoms with E-state index < -0.39 is 0 Å². The van der Waals surface area contributed by atoms with E-state index in [9.17, 15) is 0 Å². The Hall–Kier alpha value is -0.860. The molecule has 0 saturated heterocycles. The van der Waals surface area contributed by atoms with Gasteiger partial charge in [0.25, 0.3) is 0 Å². The van der Waals surface area contributed by atoms with Gasteiger partial charge in [0.15, 0.2) is 0 Å². The molecule has 0 aliphatic rings. The van der Waals surface area contributed by atoms with Gasteiger partial charge in [0, 0.05) is 13.1 Å². The van der Waals surface area contributed by atoms with Crippen LogP contribution in [0.2, 0.25) is 0 Å². The first-order chi connectivity index (χ1) is 8.69. The van der Waals surface area contributed by atoms with E-state index in [-0.39, 0.29) is 0 Å². The van der Waals surface area contributed by atoms with Crippen molar-refractivity contribution in [3.05, 3.63) is 33.4 Å². The Morgan fingerprint density at radius 3 is 0.833 bits per heavy atom. The summed E-state index contributed by atoms with van der Waals surface area (Å²) >= 11 is 0. The molecule has 0 amide bonds. The minimum Gasteiger partial charge on any atom is -0.326 e. The molecule has 102 valence electrons. The molecular formula is C16H28N2. The lowest BCUT2D eigenvalue weighted by Gasteiger charge is -2.24. The third-order valence-corrected chi connectivity index (χ3v) is 4.01. The third kappa shape index (κ3) is 2.45. The van der Waals surface area contributed by atoms with E-state index in [0.717, 1.165) is 25.7 Å². The van der Waals surface area contributed by atoms with Crippen LogP contribution in [0.5, 0.6) is 0 Å². The van der Waals surface area contributed by atoms with Crippen LogP contribution in [0.15, 0.2) is 0 Å². The van der Waals surface area contributed by atoms with Crippen molar-refractivity contribution < 1.29 is 0 Å². The van der Waals surface area contributed by atoms with Gasteiger partial charge in [-0.1, -0.05) is 27.7 Å². The van der Waals surface area contributed by atoms with Crippen LogP contribution in [-0.4, -0.2) is 0 Å². The highest BCUT2D eigenvalue weighted by atomic mass is 14.6. The Morgan fingerprint density at radius 2 is 0.722 bits per heavy atom. The van der Waals surface area contributed by atoms with Gasteiger partial charge < -0.3 is 11.5 Å². The smallest absolute Gasteiger partial charge is 0.0183 e. The molecule has 0 aliphatic carbocycles. The Kier molecular flexibility index (Phi) is 5.83. The van der Waals surface area contributed by atoms with Gasteiger partial charge in [-0.25, -0.2) is 0 Å². The molecule has 0 heterocycles. The van der Waals surface area contributed by atoms with Crippen LogP contribution >= 0.6 is 0 Å². The molecule has 1 aromatic carbocycles. The maximum atomic E-state index is 6.01. The molecule has 2 nitrogen and oxygen atoms in total. The van der Waals surface area contributed by atoms with E-state index in [0.29, 0.717) is 13.1 Å². The normalized spacial score (nSPS) is 11.0. The Morgan fingerprint density at radius 1 is 0.500 bits per heavy atom. The highest BCUT2D eigenvalue weighted by Crippen LogP contribution is 2.30. The summed E-state index contributed by atoms with van der Waals surface area (Å²) in [5, 5.41) is 0. The quantitative estimate of drug-likeness (QED) is 0.813. The fraction of sp³-hybridized carbons (Fsp3) is 0.625. The molecule has 0 aromatic heterocycles. The first-order valence-electron chi connectivity index (χ1n) is 7.27. The lowest BCUT2D eigenvalue weighted by Crippen LogP contribution is -2.16. The Balaban J connectivity index is 3.71. The molecule has 1 aromatic rings. The van der Waals surface area contributed by atoms with Crippen molar-refractivity contribution in [2.24, 2.45) is 11.5 Å². The number of rotatable bonds is 6. The lowest BCUT2D eigenvalue weighted by molar-refractivity contribution is 0.860. The van der Waals surface area contributed by atoms with Crippen molar-refractivity contribution in [1.82, 2.24) is 0 Å². The number of hydrogen-bond donors (Lipinski definition) is 2. The van der Waals surface area contributed by atoms with Crippen LogP contribution in [0.1, 0.15) is 61.1 Å². The topological polar surface area (TPSA) is 52.0 Å². The van der Waals surface area contributed by atoms with E-state index >= 15 is 0 Å². The highest BCUT2D eigenvalue weighted by Gasteiger charge is 2.18. The van der Waals surface area contributed by atoms with Crippen LogP contribution in [0.25, 0.3) is 0 Å². The van der Waals surface area contributed by atoms with Crippen LogP contribution < -0.4 is 11.5 Å². The summed E-state index contributed by atoms with van der Waals surface area (Å²) in [6.45, 7) is 10.2. The molecular weight excluding hydrogens is 220 g/mol. The van der Waals surface area contributed by atoms with Crippen molar-refractivity contribution >= 4 is 0 Å². The first kappa shape index (κ1) is 15.2. The fourth-order valence-electron chi connectivity index (χ4n) is 3.29. The summed E-state index contributed by atoms with van der Waals surface area (Å²) in [7, 11) is 0. The summed E-state index contributed by atoms with van der Waals surface area (Å²) in [5.41, 5.74) is 20.6. The predicted octanol–water partition coefficient (Wildman–Crippen LogP) is 2.85. The van der Waals surface area contributed by atoms with Crippen molar-refractivity contribution in [3.63, 3.8) is 0 Å². The van der Waals surface area contributed by atoms with Gasteiger partial charge in [0.05, 0.1) is 0 Å². The maximum Gasteiger partial charge on any atom is 0.0183 e. The van der Waals surface area contributed by atoms with Gasteiger partial charge in [0.1, 0.15) is 0 Å². The van der Waals surface area contributed by atoms with Gasteiger partial charge >= 0.3 is 0 Å². The van der Waals surface area contributed by atoms with Crippen LogP contribution in [0.3, 0.4) is 0 Å². The zero-order valence-corrected chi connectivity index (χ0v) is 12.4. The summed E-state index contributed by atoms with van der Waals surface area (Å²) in [5.74, 6) is 0. The molecule has 0 aliphatic heterocycles. The second-order valence-electron chi connectivity index (χ2n) is 4.69. The fourth-order valence-corrected chi connectivity index (χ4v) is 3.29. The minimum absolute atomic E-state index is 0.650. The van der Waals surface area contributed by atoms with E-state index in [1.807, 2.05) is 0 Å². The molecule has 1 rings (SSSR count). The number of benzene rings is 1. The first-order valence-corrected chi connectivity index (χ1v) is 7.27. The Labute approximate surface area is 112 Å². The minimum atomic E-state index is 0.650. The summed E-state index contributed by atoms with van der Waals surface area (Å²) < 4.78 is 0. The average Bonchev–Trinajstić information content (AvgIpc) is 2.43. The predicted molar refractivity (Wildman–Crippen MR) is 79.7 cm³/mol. The zero-order valence-electron chi connectivity index (χ0n) is 12.4. The average molecular weight is 248 g/mol. The van der Waals surface area contributed by atoms with Crippen LogP contribution in [0.4, 0.5) is 0 Å². The summed E-state index contributed by atoms with van der Waals surface area (Å²) in [4.78, 5) is 0. The SMILES string of the molecule is CCc1c(CC)c(CN)c(CC)c(CC)c1CN. The van der Waals surface area contributed by atoms with Crippen molar-refractivity contribution in [3.8, 4) is 0 Å². The van der Waals surface area contributed by atoms with Gasteiger partial charge in [-0.2, -0.15) is 0 Å². The zero-order chi connectivity index (χ0) is 13.7. The van der Waals surface area contributed by atoms with E-state index in [2.05, 4.69) is 27.7 Å². The monoisotopic (exact) mass is 248 g/mol. The molecule has 0 saturated carbocycles. The largest absolute Gasteiger partial charge is 0.326 e. The molecule has 0 bridgehead atoms. The number of nitrogens with two attached hydrogens (primary N) is 2. The van der Waals surface area contributed by atoms with Crippen LogP contribution in [-0.2, 0) is 38.8 Å². The number of hydrogen-bond acceptors (Lipinski definition) is 2. The molecule has 0 fully saturated rings. The van der Waals surface area contributed by atoms with E-state index in [4.69, 9.17) is 11.5 Å². The van der Waals surface area contributed by atoms with Crippen LogP contribution in [0, 0.1) is 0 Å². The molecule has 18 heavy (non-hydrogen) atoms. The molecule has 4 N–H and O–H groups in total. The second-order valence-corrected chi connectivity index (χ2v) is 4.69. The molecule has 0 spiro atoms. The maximum absolute atomic E-state index is 6.01. The van der Waals surface area contributed by atoms with Crippen molar-refractivity contribution in [2.75, 3.05) is 0 Å². The van der Waals surface area contributed by atoms with Crippen molar-refractivity contribution in [2.45, 2.75) is 66.5 Å². The summed E-state index contributed by atoms with van der Waals surface area (Å²) in [6.07, 6.45) is 4.22. The highest BCUT2D eigenvalue weighted by molar-refractivity contribution is 5.52. The van der Waals surface area contributed by atoms with E-state index in [1.54, 1.807) is 0 Å². The van der Waals surface area contributed by atoms with Crippen molar-refractivity contribution in [1.29, 1.82) is 0 Å². The van der Waals surface area contributed by atoms with Gasteiger partial charge in [-0.05, 0) is 59.1 Å². The summed E-state index contributed by atoms with van der Waals surface area (Å²) in [6, 6.07) is 0. The molecule has 0 radical (unpaired) electrons. The van der Waals surface area contributed by atoms with Gasteiger partial charge in [0.2, 0.25) is 0 Å². The molecule has 0 unspecified atom stereocenters. The molecule has 0 atom stereocenters. The van der Waals surface area contributed by atoms with Gasteiger partial charge in [-0.3, -0.25) is 0 Å². The molecule has 2 heteroatoms. The van der Waals surface area contributed by atoms with E-state index in [1.165, 1.54) is 33.4 Å². The third-order valence-electron chi connectivity index (χ3n) is 4.01. The Bertz CT molecular complexity index is 288. The van der Waals surface area contributed by atoms with Gasteiger partial charge in [-0.15, -0.1) is 0 Å². The second kappa shape index (κ2) is 6.91.